The molecular weight excluding hydrogens is 120 g/mol. The largest absolute Gasteiger partial charge is 0.0949 e. The van der Waals surface area contributed by atoms with Gasteiger partial charge in [0.2, 0.25) is 0 Å². The van der Waals surface area contributed by atoms with Gasteiger partial charge < -0.3 is 0 Å². The van der Waals surface area contributed by atoms with E-state index in [1.54, 1.807) is 0 Å². The zero-order chi connectivity index (χ0) is 7.40. The fourth-order valence-electron chi connectivity index (χ4n) is 0.860. The molecule has 1 radical (unpaired) electrons. The molecule has 0 N–H and O–H groups in total. The first-order valence-electron chi connectivity index (χ1n) is 3.42. The maximum Gasteiger partial charge on any atom is 0.00578 e. The van der Waals surface area contributed by atoms with Crippen molar-refractivity contribution >= 4 is 0 Å². The van der Waals surface area contributed by atoms with Crippen LogP contribution in [0.2, 0.25) is 0 Å². The lowest BCUT2D eigenvalue weighted by molar-refractivity contribution is 0.944. The molecular formula is C10H11. The second-order valence-corrected chi connectivity index (χ2v) is 2.34. The average Bonchev–Trinajstić information content (AvgIpc) is 2.05. The van der Waals surface area contributed by atoms with E-state index in [2.05, 4.69) is 31.7 Å². The highest BCUT2D eigenvalue weighted by atomic mass is 14.0. The van der Waals surface area contributed by atoms with Crippen LogP contribution in [0.5, 0.6) is 0 Å². The molecule has 0 saturated carbocycles. The van der Waals surface area contributed by atoms with Crippen LogP contribution in [0.4, 0.5) is 0 Å². The Morgan fingerprint density at radius 2 is 1.90 bits per heavy atom. The Morgan fingerprint density at radius 3 is 2.40 bits per heavy atom. The van der Waals surface area contributed by atoms with Crippen molar-refractivity contribution in [3.63, 3.8) is 0 Å². The highest BCUT2D eigenvalue weighted by Crippen LogP contribution is 2.13. The molecule has 0 saturated heterocycles. The monoisotopic (exact) mass is 131 g/mol. The first-order chi connectivity index (χ1) is 4.84. The molecule has 0 heterocycles. The van der Waals surface area contributed by atoms with Gasteiger partial charge in [0.15, 0.2) is 0 Å². The van der Waals surface area contributed by atoms with Gasteiger partial charge in [0.25, 0.3) is 0 Å². The predicted molar refractivity (Wildman–Crippen MR) is 43.7 cm³/mol. The van der Waals surface area contributed by atoms with E-state index in [0.717, 1.165) is 0 Å². The van der Waals surface area contributed by atoms with Crippen molar-refractivity contribution in [2.45, 2.75) is 12.8 Å². The SMILES string of the molecule is C=[C]C(C)c1ccccc1. The summed E-state index contributed by atoms with van der Waals surface area (Å²) in [5.41, 5.74) is 1.28. The number of allylic oxidation sites excluding steroid dienone is 1. The van der Waals surface area contributed by atoms with E-state index in [9.17, 15) is 0 Å². The molecule has 0 nitrogen and oxygen atoms in total. The van der Waals surface area contributed by atoms with Crippen LogP contribution >= 0.6 is 0 Å². The molecule has 1 rings (SSSR count). The molecule has 51 valence electrons. The lowest BCUT2D eigenvalue weighted by Crippen LogP contribution is -1.86. The zero-order valence-corrected chi connectivity index (χ0v) is 6.17. The van der Waals surface area contributed by atoms with E-state index >= 15 is 0 Å². The predicted octanol–water partition coefficient (Wildman–Crippen LogP) is 2.78. The third kappa shape index (κ3) is 1.47. The van der Waals surface area contributed by atoms with Crippen molar-refractivity contribution < 1.29 is 0 Å². The fraction of sp³-hybridized carbons (Fsp3) is 0.200. The number of hydrogen-bond donors (Lipinski definition) is 0. The molecule has 0 aliphatic carbocycles. The van der Waals surface area contributed by atoms with Crippen molar-refractivity contribution in [2.75, 3.05) is 0 Å². The smallest absolute Gasteiger partial charge is 0.00578 e. The number of rotatable bonds is 2. The molecule has 0 heteroatoms. The molecule has 0 aliphatic rings. The van der Waals surface area contributed by atoms with E-state index in [4.69, 9.17) is 0 Å². The van der Waals surface area contributed by atoms with Gasteiger partial charge in [-0.05, 0) is 11.6 Å². The molecule has 0 bridgehead atoms. The highest BCUT2D eigenvalue weighted by molar-refractivity contribution is 5.20. The van der Waals surface area contributed by atoms with Gasteiger partial charge in [-0.1, -0.05) is 43.8 Å². The first kappa shape index (κ1) is 7.07. The number of benzene rings is 1. The van der Waals surface area contributed by atoms with Crippen molar-refractivity contribution in [1.29, 1.82) is 0 Å². The Bertz CT molecular complexity index is 199. The lowest BCUT2D eigenvalue weighted by atomic mass is 10.0. The number of hydrogen-bond acceptors (Lipinski definition) is 0. The minimum absolute atomic E-state index is 0.348. The zero-order valence-electron chi connectivity index (χ0n) is 6.17. The van der Waals surface area contributed by atoms with Gasteiger partial charge in [-0.2, -0.15) is 0 Å². The Labute approximate surface area is 62.2 Å². The van der Waals surface area contributed by atoms with Gasteiger partial charge in [-0.25, -0.2) is 0 Å². The highest BCUT2D eigenvalue weighted by Gasteiger charge is 1.96. The van der Waals surface area contributed by atoms with Gasteiger partial charge in [0.05, 0.1) is 0 Å². The van der Waals surface area contributed by atoms with E-state index in [-0.39, 0.29) is 0 Å². The quantitative estimate of drug-likeness (QED) is 0.579. The molecule has 0 aliphatic heterocycles. The second-order valence-electron chi connectivity index (χ2n) is 2.34. The van der Waals surface area contributed by atoms with Gasteiger partial charge >= 0.3 is 0 Å². The van der Waals surface area contributed by atoms with Crippen LogP contribution in [-0.2, 0) is 0 Å². The molecule has 0 fully saturated rings. The Kier molecular flexibility index (Phi) is 2.27. The summed E-state index contributed by atoms with van der Waals surface area (Å²) in [6, 6.07) is 10.2. The molecule has 1 atom stereocenters. The van der Waals surface area contributed by atoms with Crippen molar-refractivity contribution in [1.82, 2.24) is 0 Å². The van der Waals surface area contributed by atoms with Crippen LogP contribution in [0.1, 0.15) is 18.4 Å². The molecule has 1 aromatic carbocycles. The van der Waals surface area contributed by atoms with Gasteiger partial charge in [0.1, 0.15) is 0 Å². The summed E-state index contributed by atoms with van der Waals surface area (Å²) < 4.78 is 0. The molecule has 0 spiro atoms. The average molecular weight is 131 g/mol. The summed E-state index contributed by atoms with van der Waals surface area (Å²) in [5.74, 6) is 0.348. The second kappa shape index (κ2) is 3.21. The van der Waals surface area contributed by atoms with Crippen LogP contribution < -0.4 is 0 Å². The third-order valence-electron chi connectivity index (χ3n) is 1.61. The summed E-state index contributed by atoms with van der Waals surface area (Å²) >= 11 is 0. The molecule has 0 aromatic heterocycles. The molecule has 0 amide bonds. The van der Waals surface area contributed by atoms with E-state index in [1.165, 1.54) is 5.56 Å². The Morgan fingerprint density at radius 1 is 1.30 bits per heavy atom. The van der Waals surface area contributed by atoms with Crippen LogP contribution in [-0.4, -0.2) is 0 Å². The standard InChI is InChI=1S/C10H11/c1-3-9(2)10-7-5-4-6-8-10/h4-9H,1H2,2H3. The van der Waals surface area contributed by atoms with Crippen molar-refractivity contribution in [3.8, 4) is 0 Å². The summed E-state index contributed by atoms with van der Waals surface area (Å²) in [7, 11) is 0. The first-order valence-corrected chi connectivity index (χ1v) is 3.42. The van der Waals surface area contributed by atoms with E-state index in [0.29, 0.717) is 5.92 Å². The molecule has 10 heavy (non-hydrogen) atoms. The summed E-state index contributed by atoms with van der Waals surface area (Å²) in [5, 5.41) is 0. The van der Waals surface area contributed by atoms with Gasteiger partial charge in [-0.15, -0.1) is 0 Å². The summed E-state index contributed by atoms with van der Waals surface area (Å²) in [6.07, 6.45) is 2.93. The molecule has 1 unspecified atom stereocenters. The van der Waals surface area contributed by atoms with Crippen LogP contribution in [0.3, 0.4) is 0 Å². The van der Waals surface area contributed by atoms with Crippen molar-refractivity contribution in [2.24, 2.45) is 0 Å². The summed E-state index contributed by atoms with van der Waals surface area (Å²) in [6.45, 7) is 5.70. The van der Waals surface area contributed by atoms with Crippen LogP contribution in [0.15, 0.2) is 36.9 Å². The third-order valence-corrected chi connectivity index (χ3v) is 1.61. The van der Waals surface area contributed by atoms with Crippen molar-refractivity contribution in [3.05, 3.63) is 48.6 Å². The van der Waals surface area contributed by atoms with E-state index in [1.807, 2.05) is 18.2 Å². The van der Waals surface area contributed by atoms with Gasteiger partial charge in [0, 0.05) is 5.92 Å². The minimum atomic E-state index is 0.348. The molecule has 1 aromatic rings. The topological polar surface area (TPSA) is 0 Å². The normalized spacial score (nSPS) is 12.5. The van der Waals surface area contributed by atoms with E-state index < -0.39 is 0 Å². The lowest BCUT2D eigenvalue weighted by Gasteiger charge is -2.02. The Balaban J connectivity index is 2.84. The van der Waals surface area contributed by atoms with Gasteiger partial charge in [-0.3, -0.25) is 0 Å². The summed E-state index contributed by atoms with van der Waals surface area (Å²) in [4.78, 5) is 0. The Hall–Kier alpha value is -1.04. The maximum atomic E-state index is 3.61. The van der Waals surface area contributed by atoms with Crippen LogP contribution in [0, 0.1) is 6.08 Å². The fourth-order valence-corrected chi connectivity index (χ4v) is 0.860. The maximum absolute atomic E-state index is 3.61. The van der Waals surface area contributed by atoms with Crippen LogP contribution in [0.25, 0.3) is 0 Å². The minimum Gasteiger partial charge on any atom is -0.0949 e.